The van der Waals surface area contributed by atoms with Crippen molar-refractivity contribution in [2.45, 2.75) is 0 Å². The van der Waals surface area contributed by atoms with E-state index in [0.29, 0.717) is 0 Å². The van der Waals surface area contributed by atoms with E-state index in [2.05, 4.69) is 227 Å². The van der Waals surface area contributed by atoms with Crippen molar-refractivity contribution in [2.75, 3.05) is 9.80 Å². The molecule has 0 spiro atoms. The van der Waals surface area contributed by atoms with E-state index in [1.807, 2.05) is 0 Å². The molecule has 0 fully saturated rings. The average molecular weight is 718 g/mol. The van der Waals surface area contributed by atoms with E-state index in [0.717, 1.165) is 67.3 Å². The Kier molecular flexibility index (Phi) is 7.46. The van der Waals surface area contributed by atoms with Gasteiger partial charge in [0.1, 0.15) is 11.2 Å². The van der Waals surface area contributed by atoms with Crippen molar-refractivity contribution >= 4 is 88.6 Å². The Morgan fingerprint density at radius 1 is 0.304 bits per heavy atom. The Labute approximate surface area is 324 Å². The summed E-state index contributed by atoms with van der Waals surface area (Å²) in [6, 6.07) is 75.6. The van der Waals surface area contributed by atoms with Gasteiger partial charge in [0, 0.05) is 67.4 Å². The van der Waals surface area contributed by atoms with Gasteiger partial charge in [0.15, 0.2) is 0 Å². The molecule has 0 saturated carbocycles. The van der Waals surface area contributed by atoms with E-state index in [4.69, 9.17) is 4.42 Å². The molecule has 4 nitrogen and oxygen atoms in total. The van der Waals surface area contributed by atoms with Crippen molar-refractivity contribution in [3.05, 3.63) is 212 Å². The van der Waals surface area contributed by atoms with Crippen LogP contribution in [-0.2, 0) is 0 Å². The number of furan rings is 1. The predicted octanol–water partition coefficient (Wildman–Crippen LogP) is 14.8. The first kappa shape index (κ1) is 31.9. The number of hydrogen-bond donors (Lipinski definition) is 0. The zero-order valence-electron chi connectivity index (χ0n) is 30.5. The molecule has 56 heavy (non-hydrogen) atoms. The minimum absolute atomic E-state index is 0.865. The molecule has 0 aliphatic heterocycles. The maximum absolute atomic E-state index is 6.52. The van der Waals surface area contributed by atoms with Gasteiger partial charge in [-0.2, -0.15) is 0 Å². The fraction of sp³-hybridized carbons (Fsp3) is 0. The lowest BCUT2D eigenvalue weighted by atomic mass is 10.1. The number of nitrogens with zero attached hydrogens (tertiary/aromatic N) is 3. The van der Waals surface area contributed by atoms with Gasteiger partial charge in [-0.1, -0.05) is 103 Å². The normalized spacial score (nSPS) is 11.6. The highest BCUT2D eigenvalue weighted by atomic mass is 16.3. The van der Waals surface area contributed by atoms with Crippen molar-refractivity contribution in [1.29, 1.82) is 0 Å². The topological polar surface area (TPSA) is 24.6 Å². The fourth-order valence-corrected chi connectivity index (χ4v) is 8.34. The zero-order chi connectivity index (χ0) is 37.0. The number of fused-ring (bicyclic) bond motifs is 7. The van der Waals surface area contributed by atoms with Crippen LogP contribution in [0.2, 0.25) is 0 Å². The minimum Gasteiger partial charge on any atom is -0.456 e. The maximum Gasteiger partial charge on any atom is 0.137 e. The SMILES string of the molecule is c1ccc(N(c2ccc(N(c3ccccc3)c3ccc4c5ccccc5n(-c5ccccc5)c4c3)cc2)c2ccc3c(c2)oc2cc4ccccc4cc23)cc1. The molecule has 11 aromatic rings. The highest BCUT2D eigenvalue weighted by molar-refractivity contribution is 6.12. The summed E-state index contributed by atoms with van der Waals surface area (Å²) in [5.74, 6) is 0. The van der Waals surface area contributed by atoms with Crippen LogP contribution in [-0.4, -0.2) is 4.57 Å². The highest BCUT2D eigenvalue weighted by Crippen LogP contribution is 2.43. The second-order valence-electron chi connectivity index (χ2n) is 14.2. The van der Waals surface area contributed by atoms with E-state index in [1.54, 1.807) is 0 Å². The molecule has 0 N–H and O–H groups in total. The molecule has 0 unspecified atom stereocenters. The molecule has 0 atom stereocenters. The number of para-hydroxylation sites is 4. The lowest BCUT2D eigenvalue weighted by molar-refractivity contribution is 0.669. The molecule has 0 saturated heterocycles. The monoisotopic (exact) mass is 717 g/mol. The maximum atomic E-state index is 6.52. The summed E-state index contributed by atoms with van der Waals surface area (Å²) >= 11 is 0. The van der Waals surface area contributed by atoms with Crippen LogP contribution in [0.4, 0.5) is 34.1 Å². The van der Waals surface area contributed by atoms with Crippen molar-refractivity contribution in [3.63, 3.8) is 0 Å². The predicted molar refractivity (Wildman–Crippen MR) is 235 cm³/mol. The molecule has 0 amide bonds. The van der Waals surface area contributed by atoms with Crippen LogP contribution in [0.1, 0.15) is 0 Å². The fourth-order valence-electron chi connectivity index (χ4n) is 8.34. The quantitative estimate of drug-likeness (QED) is 0.164. The molecule has 264 valence electrons. The van der Waals surface area contributed by atoms with Crippen LogP contribution in [0.5, 0.6) is 0 Å². The molecule has 2 aromatic heterocycles. The van der Waals surface area contributed by atoms with Crippen LogP contribution < -0.4 is 9.80 Å². The second kappa shape index (κ2) is 13.1. The molecule has 4 heteroatoms. The van der Waals surface area contributed by atoms with Gasteiger partial charge in [0.2, 0.25) is 0 Å². The Balaban J connectivity index is 1.03. The number of hydrogen-bond acceptors (Lipinski definition) is 3. The van der Waals surface area contributed by atoms with Crippen LogP contribution in [0.3, 0.4) is 0 Å². The molecule has 2 heterocycles. The minimum atomic E-state index is 0.865. The van der Waals surface area contributed by atoms with Crippen molar-refractivity contribution in [1.82, 2.24) is 4.57 Å². The Morgan fingerprint density at radius 2 is 0.768 bits per heavy atom. The summed E-state index contributed by atoms with van der Waals surface area (Å²) in [5.41, 5.74) is 11.6. The van der Waals surface area contributed by atoms with Crippen molar-refractivity contribution < 1.29 is 4.42 Å². The molecular weight excluding hydrogens is 683 g/mol. The molecule has 0 radical (unpaired) electrons. The Bertz CT molecular complexity index is 3180. The van der Waals surface area contributed by atoms with E-state index in [-0.39, 0.29) is 0 Å². The smallest absolute Gasteiger partial charge is 0.137 e. The molecule has 0 aliphatic carbocycles. The highest BCUT2D eigenvalue weighted by Gasteiger charge is 2.20. The van der Waals surface area contributed by atoms with Crippen LogP contribution in [0.25, 0.3) is 60.2 Å². The first-order valence-electron chi connectivity index (χ1n) is 19.0. The van der Waals surface area contributed by atoms with Gasteiger partial charge in [-0.3, -0.25) is 0 Å². The molecule has 0 bridgehead atoms. The van der Waals surface area contributed by atoms with Crippen LogP contribution in [0, 0.1) is 0 Å². The van der Waals surface area contributed by atoms with Crippen LogP contribution >= 0.6 is 0 Å². The third-order valence-corrected chi connectivity index (χ3v) is 10.9. The molecule has 11 rings (SSSR count). The second-order valence-corrected chi connectivity index (χ2v) is 14.2. The lowest BCUT2D eigenvalue weighted by Gasteiger charge is -2.28. The van der Waals surface area contributed by atoms with Gasteiger partial charge < -0.3 is 18.8 Å². The van der Waals surface area contributed by atoms with Gasteiger partial charge >= 0.3 is 0 Å². The largest absolute Gasteiger partial charge is 0.456 e. The van der Waals surface area contributed by atoms with E-state index in [9.17, 15) is 0 Å². The summed E-state index contributed by atoms with van der Waals surface area (Å²) in [6.07, 6.45) is 0. The zero-order valence-corrected chi connectivity index (χ0v) is 30.5. The summed E-state index contributed by atoms with van der Waals surface area (Å²) in [4.78, 5) is 4.64. The summed E-state index contributed by atoms with van der Waals surface area (Å²) in [6.45, 7) is 0. The summed E-state index contributed by atoms with van der Waals surface area (Å²) in [7, 11) is 0. The standard InChI is InChI=1S/C52H35N3O/c1-4-16-38(17-5-1)53(43-28-30-46-45-22-12-13-23-49(45)55(50(46)34-43)40-20-8-3-9-21-40)41-24-26-42(27-25-41)54(39-18-6-2-7-19-39)44-29-31-47-48-32-36-14-10-11-15-37(36)33-51(48)56-52(47)35-44/h1-35H. The van der Waals surface area contributed by atoms with Crippen molar-refractivity contribution in [2.24, 2.45) is 0 Å². The van der Waals surface area contributed by atoms with Crippen molar-refractivity contribution in [3.8, 4) is 5.69 Å². The summed E-state index contributed by atoms with van der Waals surface area (Å²) in [5, 5.41) is 7.09. The van der Waals surface area contributed by atoms with Gasteiger partial charge in [-0.25, -0.2) is 0 Å². The number of aromatic nitrogens is 1. The first-order valence-corrected chi connectivity index (χ1v) is 19.0. The van der Waals surface area contributed by atoms with E-state index < -0.39 is 0 Å². The number of rotatable bonds is 7. The van der Waals surface area contributed by atoms with Gasteiger partial charge in [0.05, 0.1) is 11.0 Å². The molecule has 0 aliphatic rings. The third kappa shape index (κ3) is 5.31. The molecule has 9 aromatic carbocycles. The number of benzene rings is 9. The van der Waals surface area contributed by atoms with Gasteiger partial charge in [0.25, 0.3) is 0 Å². The Morgan fingerprint density at radius 3 is 1.43 bits per heavy atom. The molecular formula is C52H35N3O. The number of anilines is 6. The lowest BCUT2D eigenvalue weighted by Crippen LogP contribution is -2.12. The Hall–Kier alpha value is -7.56. The summed E-state index contributed by atoms with van der Waals surface area (Å²) < 4.78 is 8.90. The van der Waals surface area contributed by atoms with Gasteiger partial charge in [-0.05, 0) is 114 Å². The third-order valence-electron chi connectivity index (χ3n) is 10.9. The van der Waals surface area contributed by atoms with Crippen LogP contribution in [0.15, 0.2) is 217 Å². The average Bonchev–Trinajstić information content (AvgIpc) is 3.79. The van der Waals surface area contributed by atoms with E-state index in [1.165, 1.54) is 27.1 Å². The first-order chi connectivity index (χ1) is 27.8. The van der Waals surface area contributed by atoms with E-state index >= 15 is 0 Å². The van der Waals surface area contributed by atoms with Gasteiger partial charge in [-0.15, -0.1) is 0 Å².